The van der Waals surface area contributed by atoms with Crippen molar-refractivity contribution in [1.82, 2.24) is 19.9 Å². The van der Waals surface area contributed by atoms with Crippen molar-refractivity contribution in [2.45, 2.75) is 34.2 Å². The van der Waals surface area contributed by atoms with Gasteiger partial charge in [-0.1, -0.05) is 0 Å². The van der Waals surface area contributed by atoms with Crippen LogP contribution in [0.25, 0.3) is 5.13 Å². The summed E-state index contributed by atoms with van der Waals surface area (Å²) >= 11 is 1.52. The molecule has 3 aromatic heterocycles. The number of nitrogens with zero attached hydrogens (tertiary/aromatic N) is 2. The quantitative estimate of drug-likeness (QED) is 0.754. The Hall–Kier alpha value is -2.67. The molecule has 25 heavy (non-hydrogen) atoms. The fraction of sp³-hybridized carbons (Fsp3) is 0.278. The summed E-state index contributed by atoms with van der Waals surface area (Å²) in [7, 11) is 0. The molecule has 0 aromatic carbocycles. The number of thiazole rings is 1. The summed E-state index contributed by atoms with van der Waals surface area (Å²) in [5.74, 6) is -0.199. The maximum Gasteiger partial charge on any atom is 0.253 e. The predicted molar refractivity (Wildman–Crippen MR) is 98.6 cm³/mol. The van der Waals surface area contributed by atoms with Gasteiger partial charge in [-0.2, -0.15) is 0 Å². The molecule has 0 bridgehead atoms. The second kappa shape index (κ2) is 6.68. The van der Waals surface area contributed by atoms with Crippen molar-refractivity contribution in [3.05, 3.63) is 67.8 Å². The van der Waals surface area contributed by atoms with E-state index in [-0.39, 0.29) is 18.0 Å². The third kappa shape index (κ3) is 3.28. The van der Waals surface area contributed by atoms with Crippen LogP contribution in [0.1, 0.15) is 38.6 Å². The standard InChI is InChI=1S/C18H20N4O2S/c1-10-7-11(2)21-17(24)15(10)9-20-16(23)14-8-12(3)22(13(14)4)18-19-5-6-25-18/h5-8H,9H2,1-4H3,(H,20,23)(H,21,24). The first-order valence-electron chi connectivity index (χ1n) is 7.95. The third-order valence-electron chi connectivity index (χ3n) is 4.21. The fourth-order valence-electron chi connectivity index (χ4n) is 2.98. The number of carbonyl (C=O) groups excluding carboxylic acids is 1. The Balaban J connectivity index is 1.84. The molecule has 0 atom stereocenters. The summed E-state index contributed by atoms with van der Waals surface area (Å²) in [6, 6.07) is 3.75. The molecule has 0 unspecified atom stereocenters. The van der Waals surface area contributed by atoms with Crippen molar-refractivity contribution in [3.8, 4) is 5.13 Å². The van der Waals surface area contributed by atoms with Crippen LogP contribution in [0.3, 0.4) is 0 Å². The molecule has 0 spiro atoms. The van der Waals surface area contributed by atoms with Crippen molar-refractivity contribution in [2.24, 2.45) is 0 Å². The number of aromatic amines is 1. The van der Waals surface area contributed by atoms with E-state index in [4.69, 9.17) is 0 Å². The highest BCUT2D eigenvalue weighted by Crippen LogP contribution is 2.22. The van der Waals surface area contributed by atoms with Gasteiger partial charge in [0.15, 0.2) is 5.13 Å². The van der Waals surface area contributed by atoms with Crippen LogP contribution in [-0.2, 0) is 6.54 Å². The summed E-state index contributed by atoms with van der Waals surface area (Å²) < 4.78 is 1.96. The van der Waals surface area contributed by atoms with Gasteiger partial charge in [0.1, 0.15) is 0 Å². The lowest BCUT2D eigenvalue weighted by molar-refractivity contribution is 0.0950. The van der Waals surface area contributed by atoms with E-state index in [9.17, 15) is 9.59 Å². The average molecular weight is 356 g/mol. The van der Waals surface area contributed by atoms with Crippen LogP contribution in [0.5, 0.6) is 0 Å². The Labute approximate surface area is 149 Å². The molecular weight excluding hydrogens is 336 g/mol. The van der Waals surface area contributed by atoms with Gasteiger partial charge in [-0.3, -0.25) is 14.2 Å². The summed E-state index contributed by atoms with van der Waals surface area (Å²) in [5.41, 5.74) is 4.47. The monoisotopic (exact) mass is 356 g/mol. The molecule has 3 rings (SSSR count). The summed E-state index contributed by atoms with van der Waals surface area (Å²) in [5, 5.41) is 5.59. The van der Waals surface area contributed by atoms with E-state index in [1.165, 1.54) is 11.3 Å². The molecule has 3 heterocycles. The van der Waals surface area contributed by atoms with E-state index in [2.05, 4.69) is 15.3 Å². The molecule has 130 valence electrons. The fourth-order valence-corrected chi connectivity index (χ4v) is 3.73. The largest absolute Gasteiger partial charge is 0.348 e. The van der Waals surface area contributed by atoms with Crippen molar-refractivity contribution in [3.63, 3.8) is 0 Å². The number of amides is 1. The number of H-pyrrole nitrogens is 1. The lowest BCUT2D eigenvalue weighted by Gasteiger charge is -2.09. The molecule has 0 saturated heterocycles. The number of carbonyl (C=O) groups is 1. The van der Waals surface area contributed by atoms with Crippen LogP contribution in [0.2, 0.25) is 0 Å². The number of nitrogens with one attached hydrogen (secondary N) is 2. The van der Waals surface area contributed by atoms with Crippen LogP contribution in [0.15, 0.2) is 28.5 Å². The van der Waals surface area contributed by atoms with Gasteiger partial charge in [-0.25, -0.2) is 4.98 Å². The number of aromatic nitrogens is 3. The van der Waals surface area contributed by atoms with Crippen LogP contribution >= 0.6 is 11.3 Å². The Morgan fingerprint density at radius 1 is 1.28 bits per heavy atom. The molecule has 0 radical (unpaired) electrons. The minimum atomic E-state index is -0.199. The molecule has 6 nitrogen and oxygen atoms in total. The first-order chi connectivity index (χ1) is 11.9. The van der Waals surface area contributed by atoms with Crippen LogP contribution in [0, 0.1) is 27.7 Å². The minimum absolute atomic E-state index is 0.161. The van der Waals surface area contributed by atoms with E-state index in [0.29, 0.717) is 11.1 Å². The maximum atomic E-state index is 12.6. The lowest BCUT2D eigenvalue weighted by Crippen LogP contribution is -2.28. The average Bonchev–Trinajstić information content (AvgIpc) is 3.14. The van der Waals surface area contributed by atoms with Crippen molar-refractivity contribution in [2.75, 3.05) is 0 Å². The Morgan fingerprint density at radius 2 is 2.04 bits per heavy atom. The van der Waals surface area contributed by atoms with Crippen LogP contribution in [-0.4, -0.2) is 20.4 Å². The van der Waals surface area contributed by atoms with Gasteiger partial charge in [0.2, 0.25) is 0 Å². The zero-order valence-electron chi connectivity index (χ0n) is 14.6. The smallest absolute Gasteiger partial charge is 0.253 e. The minimum Gasteiger partial charge on any atom is -0.348 e. The number of hydrogen-bond acceptors (Lipinski definition) is 4. The molecule has 0 saturated carbocycles. The summed E-state index contributed by atoms with van der Waals surface area (Å²) in [6.07, 6.45) is 1.74. The Morgan fingerprint density at radius 3 is 2.68 bits per heavy atom. The first-order valence-corrected chi connectivity index (χ1v) is 8.83. The third-order valence-corrected chi connectivity index (χ3v) is 4.96. The molecule has 0 aliphatic carbocycles. The number of hydrogen-bond donors (Lipinski definition) is 2. The zero-order valence-corrected chi connectivity index (χ0v) is 15.5. The molecule has 0 fully saturated rings. The van der Waals surface area contributed by atoms with Crippen LogP contribution < -0.4 is 10.9 Å². The van der Waals surface area contributed by atoms with Crippen molar-refractivity contribution in [1.29, 1.82) is 0 Å². The Bertz CT molecular complexity index is 983. The summed E-state index contributed by atoms with van der Waals surface area (Å²) in [4.78, 5) is 31.8. The number of rotatable bonds is 4. The molecule has 7 heteroatoms. The van der Waals surface area contributed by atoms with Crippen molar-refractivity contribution < 1.29 is 4.79 Å². The van der Waals surface area contributed by atoms with Gasteiger partial charge < -0.3 is 10.3 Å². The normalized spacial score (nSPS) is 10.9. The predicted octanol–water partition coefficient (Wildman–Crippen LogP) is 2.79. The van der Waals surface area contributed by atoms with Gasteiger partial charge in [-0.15, -0.1) is 11.3 Å². The highest BCUT2D eigenvalue weighted by atomic mass is 32.1. The molecule has 2 N–H and O–H groups in total. The maximum absolute atomic E-state index is 12.6. The molecule has 3 aromatic rings. The molecule has 0 aliphatic heterocycles. The number of pyridine rings is 1. The number of aryl methyl sites for hydroxylation is 3. The van der Waals surface area contributed by atoms with Crippen LogP contribution in [0.4, 0.5) is 0 Å². The molecule has 1 amide bonds. The zero-order chi connectivity index (χ0) is 18.1. The highest BCUT2D eigenvalue weighted by Gasteiger charge is 2.18. The second-order valence-electron chi connectivity index (χ2n) is 6.06. The van der Waals surface area contributed by atoms with Gasteiger partial charge in [0.25, 0.3) is 11.5 Å². The Kier molecular flexibility index (Phi) is 4.59. The van der Waals surface area contributed by atoms with Gasteiger partial charge in [0, 0.05) is 40.8 Å². The van der Waals surface area contributed by atoms with E-state index in [1.807, 2.05) is 49.8 Å². The first kappa shape index (κ1) is 17.2. The molecular formula is C18H20N4O2S. The van der Waals surface area contributed by atoms with Gasteiger partial charge in [0.05, 0.1) is 5.56 Å². The van der Waals surface area contributed by atoms with E-state index < -0.39 is 0 Å². The van der Waals surface area contributed by atoms with Gasteiger partial charge in [-0.05, 0) is 45.4 Å². The van der Waals surface area contributed by atoms with E-state index in [0.717, 1.165) is 27.8 Å². The van der Waals surface area contributed by atoms with Crippen molar-refractivity contribution >= 4 is 17.2 Å². The molecule has 0 aliphatic rings. The topological polar surface area (TPSA) is 79.8 Å². The van der Waals surface area contributed by atoms with E-state index in [1.54, 1.807) is 6.20 Å². The summed E-state index contributed by atoms with van der Waals surface area (Å²) in [6.45, 7) is 7.75. The SMILES string of the molecule is Cc1cc(C)c(CNC(=O)c2cc(C)n(-c3nccs3)c2C)c(=O)[nH]1. The lowest BCUT2D eigenvalue weighted by atomic mass is 10.1. The van der Waals surface area contributed by atoms with E-state index >= 15 is 0 Å². The highest BCUT2D eigenvalue weighted by molar-refractivity contribution is 7.12. The van der Waals surface area contributed by atoms with Gasteiger partial charge >= 0.3 is 0 Å². The second-order valence-corrected chi connectivity index (χ2v) is 6.93.